The number of rotatable bonds is 36. The van der Waals surface area contributed by atoms with E-state index < -0.39 is 0 Å². The monoisotopic (exact) mass is 679 g/mol. The molecule has 0 heterocycles. The van der Waals surface area contributed by atoms with Gasteiger partial charge < -0.3 is 4.74 Å². The van der Waals surface area contributed by atoms with Gasteiger partial charge in [0.15, 0.2) is 0 Å². The first-order valence-corrected chi connectivity index (χ1v) is 21.2. The summed E-state index contributed by atoms with van der Waals surface area (Å²) >= 11 is 0. The van der Waals surface area contributed by atoms with Crippen LogP contribution < -0.4 is 0 Å². The molecule has 0 aliphatic carbocycles. The van der Waals surface area contributed by atoms with Gasteiger partial charge in [-0.15, -0.1) is 0 Å². The molecule has 0 N–H and O–H groups in total. The van der Waals surface area contributed by atoms with Crippen molar-refractivity contribution in [2.24, 2.45) is 5.92 Å². The number of esters is 1. The van der Waals surface area contributed by atoms with Crippen LogP contribution in [0, 0.1) is 5.92 Å². The largest absolute Gasteiger partial charge is 0.462 e. The zero-order chi connectivity index (χ0) is 35.7. The topological polar surface area (TPSA) is 26.3 Å². The summed E-state index contributed by atoms with van der Waals surface area (Å²) in [6.45, 7) is 9.04. The van der Waals surface area contributed by atoms with E-state index in [1.165, 1.54) is 122 Å². The highest BCUT2D eigenvalue weighted by atomic mass is 16.5. The minimum Gasteiger partial charge on any atom is -0.462 e. The van der Waals surface area contributed by atoms with Crippen molar-refractivity contribution in [2.75, 3.05) is 0 Å². The lowest BCUT2D eigenvalue weighted by Crippen LogP contribution is -2.18. The Bertz CT molecular complexity index is 803. The van der Waals surface area contributed by atoms with Gasteiger partial charge >= 0.3 is 5.97 Å². The highest BCUT2D eigenvalue weighted by molar-refractivity contribution is 5.69. The van der Waals surface area contributed by atoms with Crippen molar-refractivity contribution in [3.8, 4) is 0 Å². The van der Waals surface area contributed by atoms with E-state index >= 15 is 0 Å². The zero-order valence-electron chi connectivity index (χ0n) is 33.2. The Morgan fingerprint density at radius 2 is 0.816 bits per heavy atom. The fourth-order valence-electron chi connectivity index (χ4n) is 5.87. The minimum absolute atomic E-state index is 0.0396. The molecule has 0 amide bonds. The third kappa shape index (κ3) is 38.6. The van der Waals surface area contributed by atoms with E-state index in [4.69, 9.17) is 4.74 Å². The smallest absolute Gasteiger partial charge is 0.306 e. The maximum atomic E-state index is 12.7. The summed E-state index contributed by atoms with van der Waals surface area (Å²) in [4.78, 5) is 12.7. The van der Waals surface area contributed by atoms with Crippen LogP contribution in [0.4, 0.5) is 0 Å². The van der Waals surface area contributed by atoms with Crippen molar-refractivity contribution in [2.45, 2.75) is 214 Å². The lowest BCUT2D eigenvalue weighted by atomic mass is 10.0. The van der Waals surface area contributed by atoms with Gasteiger partial charge in [0.2, 0.25) is 0 Å². The quantitative estimate of drug-likeness (QED) is 0.0374. The van der Waals surface area contributed by atoms with Gasteiger partial charge in [-0.2, -0.15) is 0 Å². The summed E-state index contributed by atoms with van der Waals surface area (Å²) in [5.41, 5.74) is 0. The van der Waals surface area contributed by atoms with Crippen LogP contribution in [0.25, 0.3) is 0 Å². The van der Waals surface area contributed by atoms with E-state index in [9.17, 15) is 4.79 Å². The number of hydrogen-bond acceptors (Lipinski definition) is 2. The second kappa shape index (κ2) is 40.3. The fourth-order valence-corrected chi connectivity index (χ4v) is 5.87. The molecule has 0 saturated heterocycles. The van der Waals surface area contributed by atoms with Crippen molar-refractivity contribution in [3.63, 3.8) is 0 Å². The molecule has 0 saturated carbocycles. The second-order valence-corrected chi connectivity index (χ2v) is 14.3. The molecule has 0 rings (SSSR count). The third-order valence-electron chi connectivity index (χ3n) is 9.37. The van der Waals surface area contributed by atoms with Crippen molar-refractivity contribution in [1.29, 1.82) is 0 Å². The molecule has 0 aromatic rings. The average Bonchev–Trinajstić information content (AvgIpc) is 3.10. The van der Waals surface area contributed by atoms with Gasteiger partial charge in [0.05, 0.1) is 0 Å². The Morgan fingerprint density at radius 3 is 1.27 bits per heavy atom. The summed E-state index contributed by atoms with van der Waals surface area (Å²) in [6, 6.07) is 0. The van der Waals surface area contributed by atoms with Crippen LogP contribution in [0.5, 0.6) is 0 Å². The fraction of sp³-hybridized carbons (Fsp3) is 0.723. The Morgan fingerprint density at radius 1 is 0.449 bits per heavy atom. The van der Waals surface area contributed by atoms with Crippen LogP contribution in [0.15, 0.2) is 72.9 Å². The van der Waals surface area contributed by atoms with E-state index in [1.54, 1.807) is 0 Å². The summed E-state index contributed by atoms with van der Waals surface area (Å²) in [5.74, 6) is 0.840. The number of hydrogen-bond donors (Lipinski definition) is 0. The second-order valence-electron chi connectivity index (χ2n) is 14.3. The van der Waals surface area contributed by atoms with E-state index in [0.717, 1.165) is 57.3 Å². The summed E-state index contributed by atoms with van der Waals surface area (Å²) in [7, 11) is 0. The van der Waals surface area contributed by atoms with Crippen molar-refractivity contribution >= 4 is 5.97 Å². The normalized spacial score (nSPS) is 13.8. The summed E-state index contributed by atoms with van der Waals surface area (Å²) < 4.78 is 6.07. The molecule has 1 atom stereocenters. The van der Waals surface area contributed by atoms with E-state index in [1.807, 2.05) is 0 Å². The molecule has 2 heteroatoms. The molecule has 0 bridgehead atoms. The molecular weight excluding hydrogens is 597 g/mol. The molecule has 0 fully saturated rings. The highest BCUT2D eigenvalue weighted by Gasteiger charge is 2.14. The van der Waals surface area contributed by atoms with Gasteiger partial charge in [0, 0.05) is 6.42 Å². The number of ether oxygens (including phenoxy) is 1. The maximum Gasteiger partial charge on any atom is 0.306 e. The highest BCUT2D eigenvalue weighted by Crippen LogP contribution is 2.19. The average molecular weight is 679 g/mol. The lowest BCUT2D eigenvalue weighted by molar-refractivity contribution is -0.150. The predicted molar refractivity (Wildman–Crippen MR) is 220 cm³/mol. The van der Waals surface area contributed by atoms with Gasteiger partial charge in [-0.1, -0.05) is 178 Å². The van der Waals surface area contributed by atoms with Gasteiger partial charge in [0.1, 0.15) is 6.10 Å². The predicted octanol–water partition coefficient (Wildman–Crippen LogP) is 15.9. The molecule has 0 aromatic heterocycles. The van der Waals surface area contributed by atoms with Crippen LogP contribution in [0.3, 0.4) is 0 Å². The number of carbonyl (C=O) groups excluding carboxylic acids is 1. The Balaban J connectivity index is 4.20. The Labute approximate surface area is 307 Å². The zero-order valence-corrected chi connectivity index (χ0v) is 33.2. The molecular formula is C47H82O2. The summed E-state index contributed by atoms with van der Waals surface area (Å²) in [5, 5.41) is 0. The van der Waals surface area contributed by atoms with Crippen LogP contribution in [0.2, 0.25) is 0 Å². The molecule has 49 heavy (non-hydrogen) atoms. The number of carbonyl (C=O) groups is 1. The van der Waals surface area contributed by atoms with Crippen molar-refractivity contribution in [3.05, 3.63) is 72.9 Å². The van der Waals surface area contributed by atoms with E-state index in [-0.39, 0.29) is 12.1 Å². The minimum atomic E-state index is 0.0396. The molecule has 2 nitrogen and oxygen atoms in total. The van der Waals surface area contributed by atoms with Gasteiger partial charge in [-0.25, -0.2) is 0 Å². The summed E-state index contributed by atoms with van der Waals surface area (Å²) in [6.07, 6.45) is 60.2. The SMILES string of the molecule is CCCC=CCC=CCC=CCCCCCCCC(CCCCCCCC=CCC=CCC=CCCC)OC(=O)CCCCCC(C)CC. The van der Waals surface area contributed by atoms with E-state index in [0.29, 0.717) is 6.42 Å². The third-order valence-corrected chi connectivity index (χ3v) is 9.37. The Kier molecular flexibility index (Phi) is 38.6. The first-order chi connectivity index (χ1) is 24.1. The van der Waals surface area contributed by atoms with E-state index in [2.05, 4.69) is 101 Å². The van der Waals surface area contributed by atoms with Gasteiger partial charge in [0.25, 0.3) is 0 Å². The standard InChI is InChI=1S/C47H82O2/c1-5-8-10-12-14-16-18-20-22-24-26-28-30-32-34-38-42-46(49-47(48)44-40-36-37-41-45(4)7-3)43-39-35-33-31-29-27-25-23-21-19-17-15-13-11-9-6-2/h10-13,16-19,22-25,45-46H,5-9,14-15,20-21,26-44H2,1-4H3. The maximum absolute atomic E-state index is 12.7. The number of unbranched alkanes of at least 4 members (excludes halogenated alkanes) is 14. The first kappa shape index (κ1) is 46.9. The van der Waals surface area contributed by atoms with Crippen LogP contribution in [-0.2, 0) is 9.53 Å². The van der Waals surface area contributed by atoms with Crippen molar-refractivity contribution < 1.29 is 9.53 Å². The Hall–Kier alpha value is -2.09. The van der Waals surface area contributed by atoms with Gasteiger partial charge in [-0.05, 0) is 102 Å². The molecule has 1 unspecified atom stereocenters. The van der Waals surface area contributed by atoms with Crippen molar-refractivity contribution in [1.82, 2.24) is 0 Å². The molecule has 0 radical (unpaired) electrons. The lowest BCUT2D eigenvalue weighted by Gasteiger charge is -2.18. The first-order valence-electron chi connectivity index (χ1n) is 21.2. The van der Waals surface area contributed by atoms with Crippen LogP contribution >= 0.6 is 0 Å². The van der Waals surface area contributed by atoms with Crippen LogP contribution in [-0.4, -0.2) is 12.1 Å². The molecule has 282 valence electrons. The molecule has 0 aliphatic rings. The van der Waals surface area contributed by atoms with Gasteiger partial charge in [-0.3, -0.25) is 4.79 Å². The van der Waals surface area contributed by atoms with Crippen LogP contribution in [0.1, 0.15) is 207 Å². The molecule has 0 aliphatic heterocycles. The molecule has 0 spiro atoms. The number of allylic oxidation sites excluding steroid dienone is 12. The molecule has 0 aromatic carbocycles.